The standard InChI is InChI=1S/C27H34N4O3/c1-27(2,32)19-30-26-13-11-22(17-29-26)31(18-20-7-6-14-28-16-20)21-10-12-24(33-3)25(15-21)34-23-8-4-5-9-23/h6-7,10-17,23,32H,4-5,8-9,18-19H2,1-3H3,(H,29,30). The van der Waals surface area contributed by atoms with Gasteiger partial charge in [-0.2, -0.15) is 0 Å². The first-order chi connectivity index (χ1) is 16.4. The second-order valence-corrected chi connectivity index (χ2v) is 9.37. The summed E-state index contributed by atoms with van der Waals surface area (Å²) in [6, 6.07) is 14.0. The fourth-order valence-electron chi connectivity index (χ4n) is 4.07. The highest BCUT2D eigenvalue weighted by atomic mass is 16.5. The van der Waals surface area contributed by atoms with Gasteiger partial charge in [0.25, 0.3) is 0 Å². The van der Waals surface area contributed by atoms with E-state index in [4.69, 9.17) is 9.47 Å². The summed E-state index contributed by atoms with van der Waals surface area (Å²) < 4.78 is 11.9. The van der Waals surface area contributed by atoms with Crippen molar-refractivity contribution >= 4 is 17.2 Å². The molecule has 3 aromatic rings. The van der Waals surface area contributed by atoms with Crippen LogP contribution in [0.2, 0.25) is 0 Å². The third kappa shape index (κ3) is 6.38. The summed E-state index contributed by atoms with van der Waals surface area (Å²) in [4.78, 5) is 11.0. The van der Waals surface area contributed by atoms with Gasteiger partial charge in [0.05, 0.1) is 30.7 Å². The van der Waals surface area contributed by atoms with Gasteiger partial charge >= 0.3 is 0 Å². The topological polar surface area (TPSA) is 79.7 Å². The van der Waals surface area contributed by atoms with Crippen molar-refractivity contribution in [1.82, 2.24) is 9.97 Å². The zero-order valence-corrected chi connectivity index (χ0v) is 20.2. The first kappa shape index (κ1) is 23.8. The van der Waals surface area contributed by atoms with Gasteiger partial charge in [-0.25, -0.2) is 4.98 Å². The first-order valence-corrected chi connectivity index (χ1v) is 11.8. The van der Waals surface area contributed by atoms with Crippen LogP contribution in [0, 0.1) is 0 Å². The highest BCUT2D eigenvalue weighted by molar-refractivity contribution is 5.67. The Balaban J connectivity index is 1.63. The molecule has 0 unspecified atom stereocenters. The number of methoxy groups -OCH3 is 1. The Morgan fingerprint density at radius 1 is 1.06 bits per heavy atom. The number of benzene rings is 1. The number of nitrogens with zero attached hydrogens (tertiary/aromatic N) is 3. The summed E-state index contributed by atoms with van der Waals surface area (Å²) in [6.07, 6.45) is 10.3. The average Bonchev–Trinajstić information content (AvgIpc) is 3.35. The van der Waals surface area contributed by atoms with Crippen molar-refractivity contribution in [2.24, 2.45) is 0 Å². The predicted molar refractivity (Wildman–Crippen MR) is 135 cm³/mol. The average molecular weight is 463 g/mol. The van der Waals surface area contributed by atoms with E-state index in [0.29, 0.717) is 18.9 Å². The van der Waals surface area contributed by atoms with Crippen LogP contribution >= 0.6 is 0 Å². The van der Waals surface area contributed by atoms with E-state index in [-0.39, 0.29) is 6.10 Å². The molecule has 0 atom stereocenters. The van der Waals surface area contributed by atoms with Crippen LogP contribution in [0.25, 0.3) is 0 Å². The van der Waals surface area contributed by atoms with Crippen molar-refractivity contribution in [1.29, 1.82) is 0 Å². The molecule has 1 aliphatic rings. The van der Waals surface area contributed by atoms with Crippen LogP contribution in [-0.2, 0) is 6.54 Å². The Labute approximate surface area is 201 Å². The minimum Gasteiger partial charge on any atom is -0.493 e. The number of hydrogen-bond acceptors (Lipinski definition) is 7. The lowest BCUT2D eigenvalue weighted by Crippen LogP contribution is -2.29. The van der Waals surface area contributed by atoms with E-state index >= 15 is 0 Å². The summed E-state index contributed by atoms with van der Waals surface area (Å²) in [7, 11) is 1.67. The predicted octanol–water partition coefficient (Wildman–Crippen LogP) is 5.33. The Hall–Kier alpha value is -3.32. The maximum absolute atomic E-state index is 9.98. The van der Waals surface area contributed by atoms with Crippen LogP contribution in [0.4, 0.5) is 17.2 Å². The molecule has 0 aliphatic heterocycles. The Morgan fingerprint density at radius 2 is 1.85 bits per heavy atom. The highest BCUT2D eigenvalue weighted by Gasteiger charge is 2.20. The number of ether oxygens (including phenoxy) is 2. The maximum atomic E-state index is 9.98. The number of aromatic nitrogens is 2. The minimum atomic E-state index is -0.814. The molecule has 0 spiro atoms. The smallest absolute Gasteiger partial charge is 0.163 e. The number of hydrogen-bond donors (Lipinski definition) is 2. The van der Waals surface area contributed by atoms with Gasteiger partial charge in [0.15, 0.2) is 11.5 Å². The molecule has 34 heavy (non-hydrogen) atoms. The molecule has 4 rings (SSSR count). The molecule has 1 fully saturated rings. The molecular weight excluding hydrogens is 428 g/mol. The second kappa shape index (κ2) is 10.7. The first-order valence-electron chi connectivity index (χ1n) is 11.8. The number of pyridine rings is 2. The molecule has 2 aromatic heterocycles. The SMILES string of the molecule is COc1ccc(N(Cc2cccnc2)c2ccc(NCC(C)(C)O)nc2)cc1OC1CCCC1. The van der Waals surface area contributed by atoms with Gasteiger partial charge in [0.1, 0.15) is 5.82 Å². The van der Waals surface area contributed by atoms with Crippen LogP contribution < -0.4 is 19.7 Å². The van der Waals surface area contributed by atoms with E-state index in [2.05, 4.69) is 26.3 Å². The van der Waals surface area contributed by atoms with Crippen molar-refractivity contribution < 1.29 is 14.6 Å². The molecule has 7 nitrogen and oxygen atoms in total. The molecule has 2 heterocycles. The molecule has 0 amide bonds. The van der Waals surface area contributed by atoms with Gasteiger partial charge in [-0.1, -0.05) is 6.07 Å². The van der Waals surface area contributed by atoms with E-state index in [0.717, 1.165) is 41.3 Å². The lowest BCUT2D eigenvalue weighted by Gasteiger charge is -2.26. The molecule has 1 saturated carbocycles. The molecule has 2 N–H and O–H groups in total. The number of rotatable bonds is 10. The lowest BCUT2D eigenvalue weighted by molar-refractivity contribution is 0.0944. The Kier molecular flexibility index (Phi) is 7.53. The van der Waals surface area contributed by atoms with Crippen molar-refractivity contribution in [3.8, 4) is 11.5 Å². The van der Waals surface area contributed by atoms with Gasteiger partial charge < -0.3 is 24.8 Å². The maximum Gasteiger partial charge on any atom is 0.163 e. The van der Waals surface area contributed by atoms with Crippen molar-refractivity contribution in [2.75, 3.05) is 23.9 Å². The van der Waals surface area contributed by atoms with Gasteiger partial charge in [0.2, 0.25) is 0 Å². The van der Waals surface area contributed by atoms with E-state index < -0.39 is 5.60 Å². The second-order valence-electron chi connectivity index (χ2n) is 9.37. The van der Waals surface area contributed by atoms with Crippen molar-refractivity contribution in [3.05, 3.63) is 66.6 Å². The summed E-state index contributed by atoms with van der Waals surface area (Å²) >= 11 is 0. The molecule has 7 heteroatoms. The zero-order chi connectivity index (χ0) is 24.0. The lowest BCUT2D eigenvalue weighted by atomic mass is 10.1. The van der Waals surface area contributed by atoms with Gasteiger partial charge in [-0.05, 0) is 75.4 Å². The highest BCUT2D eigenvalue weighted by Crippen LogP contribution is 2.37. The van der Waals surface area contributed by atoms with E-state index in [1.165, 1.54) is 12.8 Å². The van der Waals surface area contributed by atoms with Crippen LogP contribution in [0.15, 0.2) is 61.1 Å². The van der Waals surface area contributed by atoms with E-state index in [1.54, 1.807) is 27.2 Å². The summed E-state index contributed by atoms with van der Waals surface area (Å²) in [5.41, 5.74) is 2.19. The Bertz CT molecular complexity index is 1050. The van der Waals surface area contributed by atoms with Crippen LogP contribution in [-0.4, -0.2) is 40.4 Å². The van der Waals surface area contributed by atoms with Gasteiger partial charge in [-0.15, -0.1) is 0 Å². The van der Waals surface area contributed by atoms with E-state index in [1.807, 2.05) is 48.8 Å². The molecule has 1 aromatic carbocycles. The summed E-state index contributed by atoms with van der Waals surface area (Å²) in [5, 5.41) is 13.2. The van der Waals surface area contributed by atoms with Crippen LogP contribution in [0.5, 0.6) is 11.5 Å². The largest absolute Gasteiger partial charge is 0.493 e. The van der Waals surface area contributed by atoms with Crippen molar-refractivity contribution in [3.63, 3.8) is 0 Å². The number of aliphatic hydroxyl groups is 1. The fraction of sp³-hybridized carbons (Fsp3) is 0.407. The molecular formula is C27H34N4O3. The van der Waals surface area contributed by atoms with Crippen LogP contribution in [0.3, 0.4) is 0 Å². The fourth-order valence-corrected chi connectivity index (χ4v) is 4.07. The number of anilines is 3. The third-order valence-electron chi connectivity index (χ3n) is 5.88. The molecule has 0 radical (unpaired) electrons. The quantitative estimate of drug-likeness (QED) is 0.422. The summed E-state index contributed by atoms with van der Waals surface area (Å²) in [5.74, 6) is 2.22. The minimum absolute atomic E-state index is 0.235. The summed E-state index contributed by atoms with van der Waals surface area (Å²) in [6.45, 7) is 4.57. The van der Waals surface area contributed by atoms with Gasteiger partial charge in [0, 0.05) is 37.2 Å². The molecule has 0 bridgehead atoms. The van der Waals surface area contributed by atoms with Gasteiger partial charge in [-0.3, -0.25) is 4.98 Å². The van der Waals surface area contributed by atoms with E-state index in [9.17, 15) is 5.11 Å². The molecule has 1 aliphatic carbocycles. The molecule has 180 valence electrons. The monoisotopic (exact) mass is 462 g/mol. The molecule has 0 saturated heterocycles. The Morgan fingerprint density at radius 3 is 2.50 bits per heavy atom. The van der Waals surface area contributed by atoms with Crippen molar-refractivity contribution in [2.45, 2.75) is 57.8 Å². The van der Waals surface area contributed by atoms with Crippen LogP contribution in [0.1, 0.15) is 45.1 Å². The third-order valence-corrected chi connectivity index (χ3v) is 5.88. The zero-order valence-electron chi connectivity index (χ0n) is 20.2. The normalized spacial score (nSPS) is 14.1. The number of nitrogens with one attached hydrogen (secondary N) is 1.